The van der Waals surface area contributed by atoms with Crippen LogP contribution in [0, 0.1) is 17.0 Å². The van der Waals surface area contributed by atoms with Crippen molar-refractivity contribution in [1.29, 1.82) is 0 Å². The van der Waals surface area contributed by atoms with Gasteiger partial charge in [-0.2, -0.15) is 0 Å². The zero-order valence-electron chi connectivity index (χ0n) is 24.2. The van der Waals surface area contributed by atoms with Crippen molar-refractivity contribution in [2.45, 2.75) is 70.6 Å². The van der Waals surface area contributed by atoms with Crippen LogP contribution in [0.3, 0.4) is 0 Å². The lowest BCUT2D eigenvalue weighted by Crippen LogP contribution is -2.63. The summed E-state index contributed by atoms with van der Waals surface area (Å²) >= 11 is 11.3. The number of carboxylic acid groups (broad SMARTS) is 1. The van der Waals surface area contributed by atoms with Gasteiger partial charge in [0.1, 0.15) is 29.5 Å². The Morgan fingerprint density at radius 2 is 1.50 bits per heavy atom. The molecule has 2 aromatic rings. The maximum Gasteiger partial charge on any atom is 0.408 e. The molecule has 4 rings (SSSR count). The fraction of sp³-hybridized carbons (Fsp3) is 0.483. The Morgan fingerprint density at radius 1 is 0.977 bits per heavy atom. The fourth-order valence-corrected chi connectivity index (χ4v) is 5.64. The van der Waals surface area contributed by atoms with Crippen molar-refractivity contribution < 1.29 is 37.1 Å². The number of carbonyl (C=O) groups is 3. The molecule has 2 aliphatic heterocycles. The van der Waals surface area contributed by atoms with Crippen molar-refractivity contribution in [3.05, 3.63) is 69.2 Å². The molecule has 2 aliphatic rings. The van der Waals surface area contributed by atoms with Gasteiger partial charge in [-0.25, -0.2) is 22.4 Å². The molecule has 2 fully saturated rings. The highest BCUT2D eigenvalue weighted by atomic mass is 35.5. The van der Waals surface area contributed by atoms with E-state index < -0.39 is 53.0 Å². The van der Waals surface area contributed by atoms with E-state index in [9.17, 15) is 37.1 Å². The Labute approximate surface area is 269 Å². The molecule has 244 valence electrons. The van der Waals surface area contributed by atoms with Crippen LogP contribution in [0.15, 0.2) is 36.4 Å². The number of hydrogen-bond donors (Lipinski definition) is 4. The van der Waals surface area contributed by atoms with Crippen LogP contribution in [0.2, 0.25) is 10.0 Å². The van der Waals surface area contributed by atoms with Gasteiger partial charge in [0.05, 0.1) is 22.6 Å². The lowest BCUT2D eigenvalue weighted by atomic mass is 9.71. The van der Waals surface area contributed by atoms with E-state index in [4.69, 9.17) is 23.2 Å². The summed E-state index contributed by atoms with van der Waals surface area (Å²) in [5, 5.41) is 17.3. The summed E-state index contributed by atoms with van der Waals surface area (Å²) < 4.78 is 54.4. The molecule has 0 aromatic heterocycles. The standard InChI is InChI=1S/C17H21ClF2N2O3.C12H13ClF2N2O.ClH/c1-16(2,3)17(7-11(19)9-22(17)15(24)25)14(23)21-8-10-5-4-6-12(18)13(10)20;13-9-3-1-2-7(11(9)15)5-17-12(18)10-4-8(14)6-16-10;/h4-6,11H,7-9H2,1-3H3,(H,21,23)(H,24,25);1-3,8,10,16H,4-6H2,(H,17,18);1H/t;8-,10+;/m.1./s1. The second kappa shape index (κ2) is 15.5. The summed E-state index contributed by atoms with van der Waals surface area (Å²) in [5.74, 6) is -2.17. The van der Waals surface area contributed by atoms with Gasteiger partial charge < -0.3 is 21.1 Å². The molecule has 3 amide bonds. The van der Waals surface area contributed by atoms with Crippen LogP contribution in [-0.2, 0) is 22.7 Å². The maximum atomic E-state index is 14.0. The Kier molecular flexibility index (Phi) is 13.1. The Hall–Kier alpha value is -2.80. The van der Waals surface area contributed by atoms with Crippen molar-refractivity contribution in [3.63, 3.8) is 0 Å². The van der Waals surface area contributed by atoms with Gasteiger partial charge in [-0.15, -0.1) is 12.4 Å². The van der Waals surface area contributed by atoms with Crippen molar-refractivity contribution in [2.75, 3.05) is 13.1 Å². The first-order valence-electron chi connectivity index (χ1n) is 13.5. The quantitative estimate of drug-likeness (QED) is 0.287. The van der Waals surface area contributed by atoms with E-state index in [0.717, 1.165) is 4.90 Å². The van der Waals surface area contributed by atoms with Crippen molar-refractivity contribution in [2.24, 2.45) is 5.41 Å². The number of hydrogen-bond acceptors (Lipinski definition) is 4. The summed E-state index contributed by atoms with van der Waals surface area (Å²) in [6.45, 7) is 4.73. The van der Waals surface area contributed by atoms with Crippen molar-refractivity contribution in [3.8, 4) is 0 Å². The highest BCUT2D eigenvalue weighted by Crippen LogP contribution is 2.45. The number of amides is 3. The number of rotatable bonds is 6. The predicted octanol–water partition coefficient (Wildman–Crippen LogP) is 5.82. The topological polar surface area (TPSA) is 111 Å². The number of alkyl halides is 2. The number of nitrogens with one attached hydrogen (secondary N) is 3. The second-order valence-electron chi connectivity index (χ2n) is 11.4. The molecule has 4 N–H and O–H groups in total. The monoisotopic (exact) mass is 684 g/mol. The lowest BCUT2D eigenvalue weighted by molar-refractivity contribution is -0.137. The summed E-state index contributed by atoms with van der Waals surface area (Å²) in [6, 6.07) is 8.45. The minimum Gasteiger partial charge on any atom is -0.465 e. The first kappa shape index (κ1) is 37.4. The first-order chi connectivity index (χ1) is 20.1. The Bertz CT molecular complexity index is 1350. The zero-order valence-corrected chi connectivity index (χ0v) is 26.6. The molecule has 2 unspecified atom stereocenters. The maximum absolute atomic E-state index is 14.0. The number of nitrogens with zero attached hydrogens (tertiary/aromatic N) is 1. The van der Waals surface area contributed by atoms with E-state index in [1.54, 1.807) is 39.0 Å². The van der Waals surface area contributed by atoms with Crippen LogP contribution in [0.1, 0.15) is 44.7 Å². The van der Waals surface area contributed by atoms with Gasteiger partial charge in [-0.1, -0.05) is 68.2 Å². The van der Waals surface area contributed by atoms with E-state index in [2.05, 4.69) is 16.0 Å². The van der Waals surface area contributed by atoms with E-state index in [1.165, 1.54) is 18.2 Å². The number of benzene rings is 2. The van der Waals surface area contributed by atoms with E-state index in [1.807, 2.05) is 0 Å². The molecule has 0 saturated carbocycles. The van der Waals surface area contributed by atoms with Crippen LogP contribution in [0.25, 0.3) is 0 Å². The van der Waals surface area contributed by atoms with Crippen LogP contribution < -0.4 is 16.0 Å². The third kappa shape index (κ3) is 8.47. The Morgan fingerprint density at radius 3 is 1.95 bits per heavy atom. The minimum absolute atomic E-state index is 0. The Balaban J connectivity index is 0.000000315. The van der Waals surface area contributed by atoms with E-state index in [-0.39, 0.29) is 72.9 Å². The first-order valence-corrected chi connectivity index (χ1v) is 14.3. The third-order valence-corrected chi connectivity index (χ3v) is 8.14. The molecule has 8 nitrogen and oxygen atoms in total. The van der Waals surface area contributed by atoms with Gasteiger partial charge in [-0.3, -0.25) is 14.5 Å². The lowest BCUT2D eigenvalue weighted by Gasteiger charge is -2.45. The van der Waals surface area contributed by atoms with Gasteiger partial charge in [0.15, 0.2) is 0 Å². The molecule has 0 aliphatic carbocycles. The largest absolute Gasteiger partial charge is 0.465 e. The molecule has 2 heterocycles. The third-order valence-electron chi connectivity index (χ3n) is 7.55. The molecule has 0 bridgehead atoms. The molecule has 4 atom stereocenters. The van der Waals surface area contributed by atoms with Gasteiger partial charge in [0, 0.05) is 43.6 Å². The molecular formula is C29H35Cl3F4N4O4. The molecule has 44 heavy (non-hydrogen) atoms. The molecular weight excluding hydrogens is 651 g/mol. The fourth-order valence-electron chi connectivity index (χ4n) is 5.25. The molecule has 15 heteroatoms. The normalized spacial score (nSPS) is 22.8. The highest BCUT2D eigenvalue weighted by Gasteiger charge is 2.60. The van der Waals surface area contributed by atoms with Gasteiger partial charge >= 0.3 is 6.09 Å². The SMILES string of the molecule is CC(C)(C)C1(C(=O)NCc2cccc(Cl)c2F)CC(F)CN1C(=O)O.Cl.O=C(NCc1cccc(Cl)c1F)[C@@H]1C[C@@H](F)CN1. The predicted molar refractivity (Wildman–Crippen MR) is 161 cm³/mol. The van der Waals surface area contributed by atoms with Crippen LogP contribution in [-0.4, -0.2) is 64.9 Å². The summed E-state index contributed by atoms with van der Waals surface area (Å²) in [7, 11) is 0. The average Bonchev–Trinajstić information content (AvgIpc) is 3.54. The molecule has 2 aromatic carbocycles. The van der Waals surface area contributed by atoms with Crippen molar-refractivity contribution in [1.82, 2.24) is 20.9 Å². The summed E-state index contributed by atoms with van der Waals surface area (Å²) in [4.78, 5) is 37.0. The minimum atomic E-state index is -1.58. The second-order valence-corrected chi connectivity index (χ2v) is 12.2. The molecule has 0 spiro atoms. The zero-order chi connectivity index (χ0) is 32.1. The summed E-state index contributed by atoms with van der Waals surface area (Å²) in [6.07, 6.45) is -3.89. The van der Waals surface area contributed by atoms with Gasteiger partial charge in [-0.05, 0) is 17.5 Å². The van der Waals surface area contributed by atoms with Gasteiger partial charge in [0.2, 0.25) is 11.8 Å². The number of carbonyl (C=O) groups excluding carboxylic acids is 2. The van der Waals surface area contributed by atoms with E-state index in [0.29, 0.717) is 5.56 Å². The number of halogens is 7. The van der Waals surface area contributed by atoms with Crippen LogP contribution >= 0.6 is 35.6 Å². The summed E-state index contributed by atoms with van der Waals surface area (Å²) in [5.41, 5.74) is -1.96. The van der Waals surface area contributed by atoms with Gasteiger partial charge in [0.25, 0.3) is 0 Å². The molecule has 2 saturated heterocycles. The molecule has 0 radical (unpaired) electrons. The average molecular weight is 686 g/mol. The van der Waals surface area contributed by atoms with Crippen LogP contribution in [0.5, 0.6) is 0 Å². The smallest absolute Gasteiger partial charge is 0.408 e. The highest BCUT2D eigenvalue weighted by molar-refractivity contribution is 6.31. The number of likely N-dealkylation sites (tertiary alicyclic amines) is 1. The van der Waals surface area contributed by atoms with Crippen molar-refractivity contribution >= 4 is 53.5 Å². The van der Waals surface area contributed by atoms with E-state index >= 15 is 0 Å². The van der Waals surface area contributed by atoms with Crippen LogP contribution in [0.4, 0.5) is 22.4 Å².